The van der Waals surface area contributed by atoms with E-state index >= 15 is 0 Å². The molecule has 116 valence electrons. The Balaban J connectivity index is 2.29. The number of aromatic nitrogens is 3. The summed E-state index contributed by atoms with van der Waals surface area (Å²) < 4.78 is 1.51. The van der Waals surface area contributed by atoms with Gasteiger partial charge < -0.3 is 4.98 Å². The van der Waals surface area contributed by atoms with Crippen molar-refractivity contribution in [2.75, 3.05) is 0 Å². The van der Waals surface area contributed by atoms with Crippen molar-refractivity contribution in [3.8, 4) is 17.2 Å². The first-order valence-corrected chi connectivity index (χ1v) is 7.61. The summed E-state index contributed by atoms with van der Waals surface area (Å²) in [4.78, 5) is 20.8. The number of nitrogens with zero attached hydrogens (tertiary/aromatic N) is 3. The van der Waals surface area contributed by atoms with E-state index in [2.05, 4.69) is 16.0 Å². The molecule has 0 fully saturated rings. The highest BCUT2D eigenvalue weighted by Gasteiger charge is 2.20. The maximum absolute atomic E-state index is 13.2. The fourth-order valence-corrected chi connectivity index (χ4v) is 3.18. The molecule has 0 saturated heterocycles. The number of aromatic amines is 1. The molecule has 4 aromatic rings. The molecule has 3 aromatic heterocycles. The maximum Gasteiger partial charge on any atom is 0.266 e. The van der Waals surface area contributed by atoms with E-state index in [-0.39, 0.29) is 5.56 Å². The van der Waals surface area contributed by atoms with Crippen LogP contribution in [0.1, 0.15) is 16.7 Å². The Bertz CT molecular complexity index is 1190. The molecule has 1 N–H and O–H groups in total. The van der Waals surface area contributed by atoms with Crippen molar-refractivity contribution in [2.24, 2.45) is 0 Å². The van der Waals surface area contributed by atoms with Gasteiger partial charge in [0.1, 0.15) is 11.7 Å². The summed E-state index contributed by atoms with van der Waals surface area (Å²) in [6, 6.07) is 13.5. The van der Waals surface area contributed by atoms with Gasteiger partial charge in [0.25, 0.3) is 5.56 Å². The highest BCUT2D eigenvalue weighted by Crippen LogP contribution is 2.27. The van der Waals surface area contributed by atoms with Crippen molar-refractivity contribution in [1.29, 1.82) is 5.26 Å². The lowest BCUT2D eigenvalue weighted by Crippen LogP contribution is -2.18. The highest BCUT2D eigenvalue weighted by molar-refractivity contribution is 5.84. The summed E-state index contributed by atoms with van der Waals surface area (Å²) >= 11 is 0. The number of nitriles is 1. The standard InChI is InChI=1S/C19H14N4O/c1-11-8-9-21-18-16(11)22-17-14(10-20)12(2)15(19(24)23(17)18)13-6-4-3-5-7-13/h3-9,22H,1-2H3. The summed E-state index contributed by atoms with van der Waals surface area (Å²) in [7, 11) is 0. The molecular weight excluding hydrogens is 300 g/mol. The molecule has 0 aliphatic rings. The number of fused-ring (bicyclic) bond motifs is 3. The number of hydrogen-bond acceptors (Lipinski definition) is 3. The predicted molar refractivity (Wildman–Crippen MR) is 92.9 cm³/mol. The molecule has 0 radical (unpaired) electrons. The fraction of sp³-hybridized carbons (Fsp3) is 0.105. The van der Waals surface area contributed by atoms with Crippen LogP contribution < -0.4 is 5.56 Å². The molecule has 1 aromatic carbocycles. The van der Waals surface area contributed by atoms with Gasteiger partial charge in [-0.2, -0.15) is 5.26 Å². The second-order valence-electron chi connectivity index (χ2n) is 5.79. The van der Waals surface area contributed by atoms with Gasteiger partial charge in [-0.25, -0.2) is 9.38 Å². The predicted octanol–water partition coefficient (Wildman–Crippen LogP) is 3.33. The van der Waals surface area contributed by atoms with Gasteiger partial charge in [0, 0.05) is 6.20 Å². The fourth-order valence-electron chi connectivity index (χ4n) is 3.18. The van der Waals surface area contributed by atoms with Gasteiger partial charge in [-0.1, -0.05) is 30.3 Å². The Morgan fingerprint density at radius 3 is 2.62 bits per heavy atom. The van der Waals surface area contributed by atoms with Crippen LogP contribution in [-0.2, 0) is 0 Å². The zero-order valence-electron chi connectivity index (χ0n) is 13.3. The normalized spacial score (nSPS) is 11.0. The van der Waals surface area contributed by atoms with E-state index in [1.807, 2.05) is 50.2 Å². The van der Waals surface area contributed by atoms with Crippen molar-refractivity contribution in [2.45, 2.75) is 13.8 Å². The topological polar surface area (TPSA) is 73.9 Å². The molecule has 0 saturated carbocycles. The largest absolute Gasteiger partial charge is 0.337 e. The first-order chi connectivity index (χ1) is 11.6. The van der Waals surface area contributed by atoms with E-state index in [0.29, 0.717) is 28.0 Å². The Morgan fingerprint density at radius 2 is 1.92 bits per heavy atom. The third-order valence-corrected chi connectivity index (χ3v) is 4.40. The van der Waals surface area contributed by atoms with Crippen LogP contribution in [0, 0.1) is 25.2 Å². The van der Waals surface area contributed by atoms with Crippen LogP contribution in [0.3, 0.4) is 0 Å². The van der Waals surface area contributed by atoms with Crippen LogP contribution >= 0.6 is 0 Å². The Hall–Kier alpha value is -3.39. The zero-order chi connectivity index (χ0) is 16.8. The van der Waals surface area contributed by atoms with E-state index < -0.39 is 0 Å². The second kappa shape index (κ2) is 5.07. The molecule has 3 heterocycles. The van der Waals surface area contributed by atoms with Crippen LogP contribution in [0.25, 0.3) is 27.9 Å². The Morgan fingerprint density at radius 1 is 1.17 bits per heavy atom. The molecule has 24 heavy (non-hydrogen) atoms. The van der Waals surface area contributed by atoms with Gasteiger partial charge in [0.2, 0.25) is 0 Å². The summed E-state index contributed by atoms with van der Waals surface area (Å²) in [5, 5.41) is 9.67. The lowest BCUT2D eigenvalue weighted by molar-refractivity contribution is 1.10. The Kier molecular flexibility index (Phi) is 3.00. The van der Waals surface area contributed by atoms with E-state index in [1.165, 1.54) is 4.40 Å². The number of pyridine rings is 2. The van der Waals surface area contributed by atoms with E-state index in [1.54, 1.807) is 6.20 Å². The minimum atomic E-state index is -0.169. The Labute approximate surface area is 137 Å². The first-order valence-electron chi connectivity index (χ1n) is 7.61. The van der Waals surface area contributed by atoms with Gasteiger partial charge in [0.15, 0.2) is 5.65 Å². The minimum Gasteiger partial charge on any atom is -0.337 e. The average molecular weight is 314 g/mol. The lowest BCUT2D eigenvalue weighted by atomic mass is 9.99. The lowest BCUT2D eigenvalue weighted by Gasteiger charge is -2.09. The van der Waals surface area contributed by atoms with Gasteiger partial charge in [-0.3, -0.25) is 4.79 Å². The molecule has 0 aliphatic heterocycles. The number of imidazole rings is 1. The average Bonchev–Trinajstić information content (AvgIpc) is 2.97. The van der Waals surface area contributed by atoms with Crippen molar-refractivity contribution in [3.05, 3.63) is 69.6 Å². The van der Waals surface area contributed by atoms with Gasteiger partial charge in [0.05, 0.1) is 16.6 Å². The van der Waals surface area contributed by atoms with Crippen molar-refractivity contribution < 1.29 is 0 Å². The summed E-state index contributed by atoms with van der Waals surface area (Å²) in [5.74, 6) is 0. The number of aryl methyl sites for hydroxylation is 1. The molecule has 0 aliphatic carbocycles. The monoisotopic (exact) mass is 314 g/mol. The van der Waals surface area contributed by atoms with Crippen LogP contribution in [0.5, 0.6) is 0 Å². The van der Waals surface area contributed by atoms with Crippen LogP contribution in [0.15, 0.2) is 47.4 Å². The SMILES string of the molecule is Cc1c(-c2ccccc2)c(=O)n2c([nH]c3c(C)ccnc32)c1C#N. The quantitative estimate of drug-likeness (QED) is 0.585. The third-order valence-electron chi connectivity index (χ3n) is 4.40. The molecule has 5 heteroatoms. The molecule has 4 rings (SSSR count). The number of rotatable bonds is 1. The van der Waals surface area contributed by atoms with Crippen molar-refractivity contribution >= 4 is 16.8 Å². The first kappa shape index (κ1) is 14.2. The second-order valence-corrected chi connectivity index (χ2v) is 5.79. The van der Waals surface area contributed by atoms with E-state index in [9.17, 15) is 10.1 Å². The summed E-state index contributed by atoms with van der Waals surface area (Å²) in [5.41, 5.74) is 5.10. The van der Waals surface area contributed by atoms with Gasteiger partial charge in [-0.15, -0.1) is 0 Å². The number of benzene rings is 1. The van der Waals surface area contributed by atoms with Crippen molar-refractivity contribution in [1.82, 2.24) is 14.4 Å². The molecule has 0 atom stereocenters. The van der Waals surface area contributed by atoms with Gasteiger partial charge in [-0.05, 0) is 36.6 Å². The zero-order valence-corrected chi connectivity index (χ0v) is 13.3. The van der Waals surface area contributed by atoms with Gasteiger partial charge >= 0.3 is 0 Å². The molecule has 5 nitrogen and oxygen atoms in total. The molecule has 0 spiro atoms. The van der Waals surface area contributed by atoms with Crippen LogP contribution in [-0.4, -0.2) is 14.4 Å². The maximum atomic E-state index is 13.2. The van der Waals surface area contributed by atoms with Crippen molar-refractivity contribution in [3.63, 3.8) is 0 Å². The molecule has 0 bridgehead atoms. The number of hydrogen-bond donors (Lipinski definition) is 1. The smallest absolute Gasteiger partial charge is 0.266 e. The third kappa shape index (κ3) is 1.80. The number of H-pyrrole nitrogens is 1. The molecule has 0 unspecified atom stereocenters. The van der Waals surface area contributed by atoms with Crippen LogP contribution in [0.2, 0.25) is 0 Å². The molecule has 0 amide bonds. The molecular formula is C19H14N4O. The van der Waals surface area contributed by atoms with Crippen LogP contribution in [0.4, 0.5) is 0 Å². The van der Waals surface area contributed by atoms with E-state index in [4.69, 9.17) is 0 Å². The summed E-state index contributed by atoms with van der Waals surface area (Å²) in [6.45, 7) is 3.76. The number of nitrogens with one attached hydrogen (secondary N) is 1. The highest BCUT2D eigenvalue weighted by atomic mass is 16.1. The minimum absolute atomic E-state index is 0.169. The van der Waals surface area contributed by atoms with E-state index in [0.717, 1.165) is 16.6 Å². The summed E-state index contributed by atoms with van der Waals surface area (Å²) in [6.07, 6.45) is 1.67.